The Labute approximate surface area is 67.4 Å². The van der Waals surface area contributed by atoms with Crippen molar-refractivity contribution in [2.24, 2.45) is 0 Å². The highest BCUT2D eigenvalue weighted by molar-refractivity contribution is 4.54. The molecular formula is C7H17NO3. The van der Waals surface area contributed by atoms with Gasteiger partial charge >= 0.3 is 0 Å². The van der Waals surface area contributed by atoms with Crippen LogP contribution in [0.25, 0.3) is 0 Å². The summed E-state index contributed by atoms with van der Waals surface area (Å²) in [4.78, 5) is 9.82. The molecule has 0 unspecified atom stereocenters. The maximum absolute atomic E-state index is 8.18. The quantitative estimate of drug-likeness (QED) is 0.362. The predicted molar refractivity (Wildman–Crippen MR) is 41.2 cm³/mol. The van der Waals surface area contributed by atoms with E-state index in [9.17, 15) is 0 Å². The molecule has 0 saturated heterocycles. The molecule has 0 amide bonds. The first-order valence-corrected chi connectivity index (χ1v) is 3.74. The monoisotopic (exact) mass is 163 g/mol. The van der Waals surface area contributed by atoms with Gasteiger partial charge in [0, 0.05) is 6.54 Å². The normalized spacial score (nSPS) is 12.0. The molecule has 0 heterocycles. The third kappa shape index (κ3) is 9.84. The lowest BCUT2D eigenvalue weighted by molar-refractivity contribution is -0.348. The van der Waals surface area contributed by atoms with Crippen LogP contribution in [0.5, 0.6) is 0 Å². The SMILES string of the molecule is CC(C)(C)OOCCCNO. The van der Waals surface area contributed by atoms with Crippen molar-refractivity contribution in [3.8, 4) is 0 Å². The van der Waals surface area contributed by atoms with Crippen molar-refractivity contribution < 1.29 is 15.0 Å². The van der Waals surface area contributed by atoms with E-state index in [-0.39, 0.29) is 5.60 Å². The van der Waals surface area contributed by atoms with E-state index in [1.165, 1.54) is 0 Å². The van der Waals surface area contributed by atoms with Gasteiger partial charge in [-0.2, -0.15) is 0 Å². The fourth-order valence-corrected chi connectivity index (χ4v) is 0.429. The molecule has 68 valence electrons. The summed E-state index contributed by atoms with van der Waals surface area (Å²) < 4.78 is 0. The van der Waals surface area contributed by atoms with Crippen molar-refractivity contribution in [2.75, 3.05) is 13.2 Å². The minimum absolute atomic E-state index is 0.257. The summed E-state index contributed by atoms with van der Waals surface area (Å²) in [5, 5.41) is 8.18. The Morgan fingerprint density at radius 1 is 1.36 bits per heavy atom. The van der Waals surface area contributed by atoms with Crippen molar-refractivity contribution >= 4 is 0 Å². The van der Waals surface area contributed by atoms with Gasteiger partial charge in [-0.05, 0) is 27.2 Å². The lowest BCUT2D eigenvalue weighted by atomic mass is 10.2. The Kier molecular flexibility index (Phi) is 5.41. The van der Waals surface area contributed by atoms with E-state index in [1.54, 1.807) is 0 Å². The number of rotatable bonds is 5. The zero-order chi connectivity index (χ0) is 8.74. The Balaban J connectivity index is 3.02. The minimum atomic E-state index is -0.257. The van der Waals surface area contributed by atoms with E-state index in [0.29, 0.717) is 13.2 Å². The lowest BCUT2D eigenvalue weighted by Crippen LogP contribution is -2.20. The molecule has 11 heavy (non-hydrogen) atoms. The molecule has 0 rings (SSSR count). The maximum Gasteiger partial charge on any atom is 0.0952 e. The molecule has 4 heteroatoms. The van der Waals surface area contributed by atoms with Gasteiger partial charge in [0.2, 0.25) is 0 Å². The third-order valence-electron chi connectivity index (χ3n) is 0.825. The minimum Gasteiger partial charge on any atom is -0.317 e. The second kappa shape index (κ2) is 5.49. The lowest BCUT2D eigenvalue weighted by Gasteiger charge is -2.17. The fraction of sp³-hybridized carbons (Fsp3) is 1.00. The van der Waals surface area contributed by atoms with Gasteiger partial charge in [0.05, 0.1) is 12.2 Å². The van der Waals surface area contributed by atoms with Crippen LogP contribution >= 0.6 is 0 Å². The molecule has 0 aliphatic rings. The Bertz CT molecular complexity index is 90.2. The van der Waals surface area contributed by atoms with E-state index in [2.05, 4.69) is 0 Å². The molecule has 4 nitrogen and oxygen atoms in total. The highest BCUT2D eigenvalue weighted by Crippen LogP contribution is 2.06. The van der Waals surface area contributed by atoms with Gasteiger partial charge < -0.3 is 5.21 Å². The van der Waals surface area contributed by atoms with Crippen LogP contribution < -0.4 is 5.48 Å². The topological polar surface area (TPSA) is 50.7 Å². The highest BCUT2D eigenvalue weighted by atomic mass is 17.2. The van der Waals surface area contributed by atoms with Crippen LogP contribution in [0.1, 0.15) is 27.2 Å². The number of hydroxylamine groups is 1. The number of hydrogen-bond donors (Lipinski definition) is 2. The second-order valence-corrected chi connectivity index (χ2v) is 3.28. The van der Waals surface area contributed by atoms with Crippen molar-refractivity contribution in [3.05, 3.63) is 0 Å². The van der Waals surface area contributed by atoms with Crippen LogP contribution in [-0.2, 0) is 9.78 Å². The molecule has 0 aliphatic carbocycles. The largest absolute Gasteiger partial charge is 0.317 e. The zero-order valence-corrected chi connectivity index (χ0v) is 7.39. The summed E-state index contributed by atoms with van der Waals surface area (Å²) in [5.74, 6) is 0. The average molecular weight is 163 g/mol. The fourth-order valence-electron chi connectivity index (χ4n) is 0.429. The molecule has 0 fully saturated rings. The van der Waals surface area contributed by atoms with Crippen LogP contribution in [0.2, 0.25) is 0 Å². The third-order valence-corrected chi connectivity index (χ3v) is 0.825. The van der Waals surface area contributed by atoms with E-state index < -0.39 is 0 Å². The summed E-state index contributed by atoms with van der Waals surface area (Å²) in [5.41, 5.74) is 1.77. The summed E-state index contributed by atoms with van der Waals surface area (Å²) >= 11 is 0. The summed E-state index contributed by atoms with van der Waals surface area (Å²) in [6.45, 7) is 6.75. The molecule has 0 saturated carbocycles. The molecule has 0 radical (unpaired) electrons. The Morgan fingerprint density at radius 2 is 2.00 bits per heavy atom. The van der Waals surface area contributed by atoms with Gasteiger partial charge in [-0.1, -0.05) is 0 Å². The smallest absolute Gasteiger partial charge is 0.0952 e. The van der Waals surface area contributed by atoms with Crippen LogP contribution in [0.3, 0.4) is 0 Å². The molecule has 2 N–H and O–H groups in total. The van der Waals surface area contributed by atoms with Crippen molar-refractivity contribution in [1.29, 1.82) is 0 Å². The number of hydrogen-bond acceptors (Lipinski definition) is 4. The van der Waals surface area contributed by atoms with E-state index >= 15 is 0 Å². The number of nitrogens with one attached hydrogen (secondary N) is 1. The summed E-state index contributed by atoms with van der Waals surface area (Å²) in [6, 6.07) is 0. The van der Waals surface area contributed by atoms with Crippen LogP contribution in [0.4, 0.5) is 0 Å². The molecule has 0 spiro atoms. The van der Waals surface area contributed by atoms with Crippen LogP contribution in [-0.4, -0.2) is 24.0 Å². The van der Waals surface area contributed by atoms with Gasteiger partial charge in [0.25, 0.3) is 0 Å². The first-order valence-electron chi connectivity index (χ1n) is 3.74. The molecule has 0 aliphatic heterocycles. The standard InChI is InChI=1S/C7H17NO3/c1-7(2,3)11-10-6-4-5-8-9/h8-9H,4-6H2,1-3H3. The molecule has 0 aromatic rings. The molecular weight excluding hydrogens is 146 g/mol. The van der Waals surface area contributed by atoms with Crippen molar-refractivity contribution in [1.82, 2.24) is 5.48 Å². The van der Waals surface area contributed by atoms with E-state index in [4.69, 9.17) is 15.0 Å². The van der Waals surface area contributed by atoms with E-state index in [0.717, 1.165) is 6.42 Å². The van der Waals surface area contributed by atoms with E-state index in [1.807, 2.05) is 26.3 Å². The predicted octanol–water partition coefficient (Wildman–Crippen LogP) is 1.10. The van der Waals surface area contributed by atoms with Crippen molar-refractivity contribution in [2.45, 2.75) is 32.8 Å². The molecule has 0 aromatic carbocycles. The van der Waals surface area contributed by atoms with Gasteiger partial charge in [-0.25, -0.2) is 15.3 Å². The van der Waals surface area contributed by atoms with Gasteiger partial charge in [0.15, 0.2) is 0 Å². The Morgan fingerprint density at radius 3 is 2.45 bits per heavy atom. The average Bonchev–Trinajstić information content (AvgIpc) is 1.85. The Hall–Kier alpha value is -0.160. The summed E-state index contributed by atoms with van der Waals surface area (Å²) in [6.07, 6.45) is 0.729. The molecule has 0 bridgehead atoms. The molecule has 0 atom stereocenters. The highest BCUT2D eigenvalue weighted by Gasteiger charge is 2.10. The maximum atomic E-state index is 8.18. The van der Waals surface area contributed by atoms with Gasteiger partial charge in [-0.15, -0.1) is 0 Å². The molecule has 0 aromatic heterocycles. The first-order chi connectivity index (χ1) is 5.06. The summed E-state index contributed by atoms with van der Waals surface area (Å²) in [7, 11) is 0. The van der Waals surface area contributed by atoms with Gasteiger partial charge in [-0.3, -0.25) is 0 Å². The second-order valence-electron chi connectivity index (χ2n) is 3.28. The van der Waals surface area contributed by atoms with Crippen LogP contribution in [0.15, 0.2) is 0 Å². The van der Waals surface area contributed by atoms with Crippen molar-refractivity contribution in [3.63, 3.8) is 0 Å². The first kappa shape index (κ1) is 10.8. The zero-order valence-electron chi connectivity index (χ0n) is 7.39. The van der Waals surface area contributed by atoms with Crippen LogP contribution in [0, 0.1) is 0 Å². The van der Waals surface area contributed by atoms with Gasteiger partial charge in [0.1, 0.15) is 0 Å².